The van der Waals surface area contributed by atoms with Gasteiger partial charge >= 0.3 is 0 Å². The Balaban J connectivity index is 1.23. The van der Waals surface area contributed by atoms with E-state index in [0.29, 0.717) is 42.6 Å². The molecule has 2 aliphatic rings. The van der Waals surface area contributed by atoms with Gasteiger partial charge in [0.1, 0.15) is 23.1 Å². The average molecular weight is 663 g/mol. The van der Waals surface area contributed by atoms with Gasteiger partial charge in [0.05, 0.1) is 39.2 Å². The second-order valence-corrected chi connectivity index (χ2v) is 11.7. The molecule has 14 nitrogen and oxygen atoms in total. The summed E-state index contributed by atoms with van der Waals surface area (Å²) >= 11 is 6.09. The van der Waals surface area contributed by atoms with Crippen molar-refractivity contribution in [2.75, 3.05) is 88.8 Å². The molecule has 1 amide bonds. The Kier molecular flexibility index (Phi) is 10.7. The highest BCUT2D eigenvalue weighted by Crippen LogP contribution is 2.28. The van der Waals surface area contributed by atoms with Gasteiger partial charge in [-0.1, -0.05) is 17.7 Å². The van der Waals surface area contributed by atoms with E-state index in [1.54, 1.807) is 11.0 Å². The van der Waals surface area contributed by atoms with E-state index < -0.39 is 0 Å². The number of morpholine rings is 2. The van der Waals surface area contributed by atoms with Gasteiger partial charge in [0.15, 0.2) is 5.82 Å². The first-order chi connectivity index (χ1) is 22.9. The summed E-state index contributed by atoms with van der Waals surface area (Å²) in [5.74, 6) is 1.98. The van der Waals surface area contributed by atoms with E-state index in [1.165, 1.54) is 19.2 Å². The summed E-state index contributed by atoms with van der Waals surface area (Å²) in [6, 6.07) is 12.6. The predicted octanol–water partition coefficient (Wildman–Crippen LogP) is 3.60. The highest BCUT2D eigenvalue weighted by atomic mass is 35.5. The Morgan fingerprint density at radius 3 is 2.51 bits per heavy atom. The summed E-state index contributed by atoms with van der Waals surface area (Å²) in [6.07, 6.45) is 1.54. The van der Waals surface area contributed by atoms with Gasteiger partial charge in [-0.05, 0) is 30.7 Å². The minimum atomic E-state index is -0.338. The van der Waals surface area contributed by atoms with Gasteiger partial charge in [0.25, 0.3) is 5.91 Å². The van der Waals surface area contributed by atoms with E-state index in [1.807, 2.05) is 37.3 Å². The highest BCUT2D eigenvalue weighted by Gasteiger charge is 2.18. The summed E-state index contributed by atoms with van der Waals surface area (Å²) in [7, 11) is 1.47. The monoisotopic (exact) mass is 662 g/mol. The molecule has 4 aromatic rings. The Labute approximate surface area is 278 Å². The van der Waals surface area contributed by atoms with Crippen LogP contribution in [0.1, 0.15) is 21.6 Å². The van der Waals surface area contributed by atoms with E-state index in [2.05, 4.69) is 40.7 Å². The normalized spacial score (nSPS) is 15.7. The van der Waals surface area contributed by atoms with Crippen molar-refractivity contribution in [3.05, 3.63) is 70.8 Å². The van der Waals surface area contributed by atoms with Gasteiger partial charge in [-0.2, -0.15) is 9.78 Å². The molecule has 2 fully saturated rings. The molecule has 2 saturated heterocycles. The molecular weight excluding hydrogens is 624 g/mol. The zero-order valence-electron chi connectivity index (χ0n) is 26.5. The zero-order chi connectivity index (χ0) is 32.6. The molecule has 3 aromatic heterocycles. The molecule has 0 unspecified atom stereocenters. The van der Waals surface area contributed by atoms with E-state index in [0.717, 1.165) is 75.2 Å². The van der Waals surface area contributed by atoms with E-state index in [-0.39, 0.29) is 16.9 Å². The number of carbonyl (C=O) groups is 1. The third-order valence-electron chi connectivity index (χ3n) is 7.96. The van der Waals surface area contributed by atoms with Crippen molar-refractivity contribution in [2.24, 2.45) is 0 Å². The number of methoxy groups -OCH3 is 1. The van der Waals surface area contributed by atoms with Crippen LogP contribution in [-0.2, 0) is 16.0 Å². The van der Waals surface area contributed by atoms with Crippen molar-refractivity contribution in [1.29, 1.82) is 0 Å². The Morgan fingerprint density at radius 1 is 0.979 bits per heavy atom. The van der Waals surface area contributed by atoms with Crippen LogP contribution < -0.4 is 20.7 Å². The standard InChI is InChI=1S/C32H39ClN10O4/c1-22-3-4-24(37-32(44)23-15-27(33)39-31(16-23)45-2)17-26(22)38-30-18-25(20-42-9-13-47-14-10-42)40-43(30)29-19-28(35-21-36-29)34-5-6-41-7-11-46-12-8-41/h3-4,15-19,21,38H,5-14,20H2,1-2H3,(H,37,44)(H,34,35,36). The topological polar surface area (TPSA) is 144 Å². The number of amides is 1. The van der Waals surface area contributed by atoms with Crippen LogP contribution >= 0.6 is 11.6 Å². The molecule has 0 aliphatic carbocycles. The van der Waals surface area contributed by atoms with Crippen molar-refractivity contribution < 1.29 is 19.0 Å². The van der Waals surface area contributed by atoms with Gasteiger partial charge in [-0.15, -0.1) is 0 Å². The van der Waals surface area contributed by atoms with Crippen molar-refractivity contribution in [3.8, 4) is 11.7 Å². The number of hydrogen-bond donors (Lipinski definition) is 3. The molecule has 0 spiro atoms. The van der Waals surface area contributed by atoms with Crippen LogP contribution in [0.5, 0.6) is 5.88 Å². The molecule has 6 rings (SSSR count). The molecule has 2 aliphatic heterocycles. The van der Waals surface area contributed by atoms with Crippen LogP contribution in [0.4, 0.5) is 23.0 Å². The largest absolute Gasteiger partial charge is 0.481 e. The van der Waals surface area contributed by atoms with Gasteiger partial charge in [-0.3, -0.25) is 14.6 Å². The van der Waals surface area contributed by atoms with Gasteiger partial charge in [0, 0.05) is 81.0 Å². The van der Waals surface area contributed by atoms with Crippen LogP contribution in [0.2, 0.25) is 5.15 Å². The summed E-state index contributed by atoms with van der Waals surface area (Å²) in [5.41, 5.74) is 3.60. The Bertz CT molecular complexity index is 1670. The van der Waals surface area contributed by atoms with Gasteiger partial charge < -0.3 is 30.2 Å². The highest BCUT2D eigenvalue weighted by molar-refractivity contribution is 6.30. The number of hydrogen-bond acceptors (Lipinski definition) is 12. The second-order valence-electron chi connectivity index (χ2n) is 11.3. The number of carbonyl (C=O) groups excluding carboxylic acids is 1. The van der Waals surface area contributed by atoms with E-state index in [9.17, 15) is 4.79 Å². The maximum Gasteiger partial charge on any atom is 0.255 e. The van der Waals surface area contributed by atoms with Gasteiger partial charge in [-0.25, -0.2) is 15.0 Å². The maximum atomic E-state index is 13.1. The van der Waals surface area contributed by atoms with Crippen molar-refractivity contribution in [2.45, 2.75) is 13.5 Å². The maximum absolute atomic E-state index is 13.1. The van der Waals surface area contributed by atoms with E-state index >= 15 is 0 Å². The smallest absolute Gasteiger partial charge is 0.255 e. The number of nitrogens with zero attached hydrogens (tertiary/aromatic N) is 7. The molecule has 47 heavy (non-hydrogen) atoms. The number of pyridine rings is 1. The molecule has 0 radical (unpaired) electrons. The summed E-state index contributed by atoms with van der Waals surface area (Å²) < 4.78 is 18.0. The van der Waals surface area contributed by atoms with E-state index in [4.69, 9.17) is 30.9 Å². The van der Waals surface area contributed by atoms with Crippen LogP contribution in [0.3, 0.4) is 0 Å². The third kappa shape index (κ3) is 8.73. The number of rotatable bonds is 12. The third-order valence-corrected chi connectivity index (χ3v) is 8.15. The fourth-order valence-corrected chi connectivity index (χ4v) is 5.57. The number of ether oxygens (including phenoxy) is 3. The quantitative estimate of drug-likeness (QED) is 0.191. The number of halogens is 1. The summed E-state index contributed by atoms with van der Waals surface area (Å²) in [5, 5.41) is 15.0. The number of nitrogens with one attached hydrogen (secondary N) is 3. The average Bonchev–Trinajstić information content (AvgIpc) is 3.48. The number of aromatic nitrogens is 5. The lowest BCUT2D eigenvalue weighted by atomic mass is 10.1. The SMILES string of the molecule is COc1cc(C(=O)Nc2ccc(C)c(Nc3cc(CN4CCOCC4)nn3-c3cc(NCCN4CCOCC4)ncn3)c2)cc(Cl)n1. The lowest BCUT2D eigenvalue weighted by Crippen LogP contribution is -2.39. The van der Waals surface area contributed by atoms with Crippen LogP contribution in [0.15, 0.2) is 48.8 Å². The predicted molar refractivity (Wildman–Crippen MR) is 179 cm³/mol. The van der Waals surface area contributed by atoms with Crippen LogP contribution in [-0.4, -0.2) is 113 Å². The molecular formula is C32H39ClN10O4. The first kappa shape index (κ1) is 32.6. The minimum Gasteiger partial charge on any atom is -0.481 e. The molecule has 0 bridgehead atoms. The lowest BCUT2D eigenvalue weighted by Gasteiger charge is -2.26. The van der Waals surface area contributed by atoms with Crippen molar-refractivity contribution >= 4 is 40.5 Å². The van der Waals surface area contributed by atoms with Crippen LogP contribution in [0, 0.1) is 6.92 Å². The summed E-state index contributed by atoms with van der Waals surface area (Å²) in [6.45, 7) is 10.8. The molecule has 248 valence electrons. The molecule has 3 N–H and O–H groups in total. The van der Waals surface area contributed by atoms with Crippen molar-refractivity contribution in [3.63, 3.8) is 0 Å². The number of anilines is 4. The Hall–Kier alpha value is -4.34. The Morgan fingerprint density at radius 2 is 1.74 bits per heavy atom. The first-order valence-corrected chi connectivity index (χ1v) is 16.0. The first-order valence-electron chi connectivity index (χ1n) is 15.6. The number of benzene rings is 1. The number of aryl methyl sites for hydroxylation is 1. The molecule has 1 aromatic carbocycles. The fraction of sp³-hybridized carbons (Fsp3) is 0.406. The second kappa shape index (κ2) is 15.5. The molecule has 15 heteroatoms. The molecule has 0 atom stereocenters. The zero-order valence-corrected chi connectivity index (χ0v) is 27.3. The van der Waals surface area contributed by atoms with Crippen molar-refractivity contribution in [1.82, 2.24) is 34.5 Å². The lowest BCUT2D eigenvalue weighted by molar-refractivity contribution is 0.0336. The molecule has 5 heterocycles. The van der Waals surface area contributed by atoms with Crippen LogP contribution in [0.25, 0.3) is 5.82 Å². The minimum absolute atomic E-state index is 0.169. The fourth-order valence-electron chi connectivity index (χ4n) is 5.37. The molecule has 0 saturated carbocycles. The summed E-state index contributed by atoms with van der Waals surface area (Å²) in [4.78, 5) is 30.8. The van der Waals surface area contributed by atoms with Gasteiger partial charge in [0.2, 0.25) is 5.88 Å².